The molecule has 0 aromatic heterocycles. The lowest BCUT2D eigenvalue weighted by atomic mass is 10.4. The summed E-state index contributed by atoms with van der Waals surface area (Å²) >= 11 is 7.25. The average molecular weight is 165 g/mol. The van der Waals surface area contributed by atoms with E-state index in [2.05, 4.69) is 6.92 Å². The van der Waals surface area contributed by atoms with Crippen LogP contribution in [0.2, 0.25) is 0 Å². The van der Waals surface area contributed by atoms with Gasteiger partial charge in [-0.3, -0.25) is 0 Å². The van der Waals surface area contributed by atoms with Crippen LogP contribution in [0.15, 0.2) is 11.6 Å². The van der Waals surface area contributed by atoms with Crippen molar-refractivity contribution in [3.63, 3.8) is 0 Å². The van der Waals surface area contributed by atoms with E-state index in [4.69, 9.17) is 11.6 Å². The molecule has 54 valence electrons. The van der Waals surface area contributed by atoms with E-state index in [9.17, 15) is 0 Å². The van der Waals surface area contributed by atoms with Crippen molar-refractivity contribution in [1.82, 2.24) is 0 Å². The van der Waals surface area contributed by atoms with Crippen LogP contribution in [0.1, 0.15) is 19.8 Å². The van der Waals surface area contributed by atoms with Gasteiger partial charge < -0.3 is 0 Å². The lowest BCUT2D eigenvalue weighted by Crippen LogP contribution is -1.77. The Morgan fingerprint density at radius 1 is 1.56 bits per heavy atom. The van der Waals surface area contributed by atoms with Crippen molar-refractivity contribution in [2.45, 2.75) is 19.8 Å². The van der Waals surface area contributed by atoms with Crippen LogP contribution in [0.25, 0.3) is 0 Å². The maximum Gasteiger partial charge on any atom is 0.0125 e. The van der Waals surface area contributed by atoms with Crippen LogP contribution in [-0.4, -0.2) is 11.5 Å². The lowest BCUT2D eigenvalue weighted by molar-refractivity contribution is 0.897. The van der Waals surface area contributed by atoms with Gasteiger partial charge in [-0.25, -0.2) is 0 Å². The first-order chi connectivity index (χ1) is 4.41. The largest absolute Gasteiger partial charge is 0.158 e. The molecule has 0 fully saturated rings. The zero-order chi connectivity index (χ0) is 6.95. The summed E-state index contributed by atoms with van der Waals surface area (Å²) in [5, 5.41) is 0. The number of hydrogen-bond acceptors (Lipinski definition) is 1. The van der Waals surface area contributed by atoms with Crippen molar-refractivity contribution in [2.24, 2.45) is 0 Å². The normalized spacial score (nSPS) is 10.9. The molecule has 0 atom stereocenters. The summed E-state index contributed by atoms with van der Waals surface area (Å²) in [6.45, 7) is 2.21. The summed E-state index contributed by atoms with van der Waals surface area (Å²) in [5.41, 5.74) is 1.58. The SMILES string of the molecule is CCCCSCC=CCl. The molecule has 0 unspecified atom stereocenters. The van der Waals surface area contributed by atoms with Gasteiger partial charge in [0, 0.05) is 11.3 Å². The molecular formula is C7H13ClS. The van der Waals surface area contributed by atoms with Crippen molar-refractivity contribution in [3.05, 3.63) is 11.6 Å². The molecule has 0 nitrogen and oxygen atoms in total. The third-order valence-electron chi connectivity index (χ3n) is 0.945. The Morgan fingerprint density at radius 2 is 2.33 bits per heavy atom. The van der Waals surface area contributed by atoms with Gasteiger partial charge in [0.25, 0.3) is 0 Å². The monoisotopic (exact) mass is 164 g/mol. The summed E-state index contributed by atoms with van der Waals surface area (Å²) < 4.78 is 0. The molecule has 0 radical (unpaired) electrons. The zero-order valence-corrected chi connectivity index (χ0v) is 7.34. The Morgan fingerprint density at radius 3 is 2.89 bits per heavy atom. The molecule has 0 bridgehead atoms. The molecule has 0 N–H and O–H groups in total. The topological polar surface area (TPSA) is 0 Å². The molecule has 0 saturated carbocycles. The highest BCUT2D eigenvalue weighted by molar-refractivity contribution is 7.99. The molecule has 0 rings (SSSR count). The Bertz CT molecular complexity index is 71.3. The van der Waals surface area contributed by atoms with E-state index in [1.807, 2.05) is 17.8 Å². The van der Waals surface area contributed by atoms with Crippen LogP contribution in [-0.2, 0) is 0 Å². The van der Waals surface area contributed by atoms with Crippen LogP contribution in [0.4, 0.5) is 0 Å². The van der Waals surface area contributed by atoms with Gasteiger partial charge in [0.15, 0.2) is 0 Å². The Labute approximate surface area is 66.7 Å². The molecule has 0 spiro atoms. The average Bonchev–Trinajstić information content (AvgIpc) is 1.89. The van der Waals surface area contributed by atoms with Crippen molar-refractivity contribution in [2.75, 3.05) is 11.5 Å². The summed E-state index contributed by atoms with van der Waals surface area (Å²) in [6.07, 6.45) is 4.58. The predicted octanol–water partition coefficient (Wildman–Crippen LogP) is 3.27. The molecule has 0 saturated heterocycles. The molecule has 0 aliphatic heterocycles. The van der Waals surface area contributed by atoms with Gasteiger partial charge in [0.05, 0.1) is 0 Å². The smallest absolute Gasteiger partial charge is 0.0125 e. The minimum absolute atomic E-state index is 1.06. The van der Waals surface area contributed by atoms with Crippen LogP contribution >= 0.6 is 23.4 Å². The van der Waals surface area contributed by atoms with Gasteiger partial charge in [0.1, 0.15) is 0 Å². The Balaban J connectivity index is 2.75. The van der Waals surface area contributed by atoms with Crippen molar-refractivity contribution >= 4 is 23.4 Å². The summed E-state index contributed by atoms with van der Waals surface area (Å²) in [4.78, 5) is 0. The standard InChI is InChI=1S/C7H13ClS/c1-2-3-6-9-7-4-5-8/h4-5H,2-3,6-7H2,1H3. The first-order valence-corrected chi connectivity index (χ1v) is 4.84. The van der Waals surface area contributed by atoms with Crippen LogP contribution in [0, 0.1) is 0 Å². The fourth-order valence-corrected chi connectivity index (χ4v) is 1.52. The van der Waals surface area contributed by atoms with Crippen molar-refractivity contribution in [3.8, 4) is 0 Å². The van der Waals surface area contributed by atoms with Gasteiger partial charge in [-0.05, 0) is 12.2 Å². The first-order valence-electron chi connectivity index (χ1n) is 3.24. The molecule has 0 amide bonds. The summed E-state index contributed by atoms with van der Waals surface area (Å²) in [7, 11) is 0. The van der Waals surface area contributed by atoms with E-state index in [-0.39, 0.29) is 0 Å². The van der Waals surface area contributed by atoms with Gasteiger partial charge in [-0.2, -0.15) is 11.8 Å². The van der Waals surface area contributed by atoms with Gasteiger partial charge >= 0.3 is 0 Å². The van der Waals surface area contributed by atoms with Gasteiger partial charge in [-0.1, -0.05) is 31.0 Å². The minimum Gasteiger partial charge on any atom is -0.158 e. The predicted molar refractivity (Wildman–Crippen MR) is 47.2 cm³/mol. The molecule has 0 aliphatic carbocycles. The Hall–Kier alpha value is 0.380. The second-order valence-electron chi connectivity index (χ2n) is 1.79. The number of halogens is 1. The lowest BCUT2D eigenvalue weighted by Gasteiger charge is -1.92. The fraction of sp³-hybridized carbons (Fsp3) is 0.714. The van der Waals surface area contributed by atoms with E-state index in [0.717, 1.165) is 5.75 Å². The van der Waals surface area contributed by atoms with E-state index in [0.29, 0.717) is 0 Å². The molecule has 0 aromatic rings. The number of thioether (sulfide) groups is 1. The van der Waals surface area contributed by atoms with E-state index < -0.39 is 0 Å². The van der Waals surface area contributed by atoms with Crippen LogP contribution in [0.5, 0.6) is 0 Å². The number of unbranched alkanes of at least 4 members (excludes halogenated alkanes) is 1. The number of hydrogen-bond donors (Lipinski definition) is 0. The highest BCUT2D eigenvalue weighted by Gasteiger charge is 1.82. The van der Waals surface area contributed by atoms with E-state index in [1.54, 1.807) is 5.54 Å². The van der Waals surface area contributed by atoms with Crippen molar-refractivity contribution < 1.29 is 0 Å². The van der Waals surface area contributed by atoms with Crippen LogP contribution < -0.4 is 0 Å². The maximum atomic E-state index is 5.32. The maximum absolute atomic E-state index is 5.32. The van der Waals surface area contributed by atoms with Crippen LogP contribution in [0.3, 0.4) is 0 Å². The second kappa shape index (κ2) is 8.38. The molecule has 0 aromatic carbocycles. The van der Waals surface area contributed by atoms with Gasteiger partial charge in [0.2, 0.25) is 0 Å². The Kier molecular flexibility index (Phi) is 8.73. The highest BCUT2D eigenvalue weighted by atomic mass is 35.5. The molecule has 2 heteroatoms. The summed E-state index contributed by atoms with van der Waals surface area (Å²) in [6, 6.07) is 0. The number of rotatable bonds is 5. The third kappa shape index (κ3) is 8.38. The molecule has 0 aliphatic rings. The minimum atomic E-state index is 1.06. The molecule has 9 heavy (non-hydrogen) atoms. The quantitative estimate of drug-likeness (QED) is 0.562. The highest BCUT2D eigenvalue weighted by Crippen LogP contribution is 2.04. The molecular weight excluding hydrogens is 152 g/mol. The second-order valence-corrected chi connectivity index (χ2v) is 3.19. The zero-order valence-electron chi connectivity index (χ0n) is 5.77. The summed E-state index contributed by atoms with van der Waals surface area (Å²) in [5.74, 6) is 2.32. The van der Waals surface area contributed by atoms with Crippen molar-refractivity contribution in [1.29, 1.82) is 0 Å². The van der Waals surface area contributed by atoms with Gasteiger partial charge in [-0.15, -0.1) is 0 Å². The fourth-order valence-electron chi connectivity index (χ4n) is 0.434. The van der Waals surface area contributed by atoms with E-state index >= 15 is 0 Å². The first kappa shape index (κ1) is 9.38. The third-order valence-corrected chi connectivity index (χ3v) is 2.13. The molecule has 0 heterocycles. The van der Waals surface area contributed by atoms with E-state index in [1.165, 1.54) is 18.6 Å².